The average molecular weight is 414 g/mol. The molecule has 11 heteroatoms. The highest BCUT2D eigenvalue weighted by atomic mass is 32.2. The zero-order valence-electron chi connectivity index (χ0n) is 14.7. The number of anilines is 1. The zero-order valence-corrected chi connectivity index (χ0v) is 15.5. The lowest BCUT2D eigenvalue weighted by Gasteiger charge is -2.15. The van der Waals surface area contributed by atoms with Crippen LogP contribution in [0.15, 0.2) is 41.3 Å². The summed E-state index contributed by atoms with van der Waals surface area (Å²) >= 11 is 0. The lowest BCUT2D eigenvalue weighted by Crippen LogP contribution is -2.30. The SMILES string of the molecule is COc1ccc(S(N)(=O)=O)cc1C(=O)O[C@@H](C)C(=O)Nc1ccc(F)cc1F. The van der Waals surface area contributed by atoms with E-state index < -0.39 is 39.6 Å². The van der Waals surface area contributed by atoms with Gasteiger partial charge in [-0.3, -0.25) is 4.79 Å². The first-order valence-electron chi connectivity index (χ1n) is 7.70. The Morgan fingerprint density at radius 2 is 1.82 bits per heavy atom. The minimum absolute atomic E-state index is 0.00501. The van der Waals surface area contributed by atoms with Crippen LogP contribution in [0.3, 0.4) is 0 Å². The molecule has 2 aromatic rings. The molecule has 0 fully saturated rings. The average Bonchev–Trinajstić information content (AvgIpc) is 2.62. The van der Waals surface area contributed by atoms with Crippen LogP contribution >= 0.6 is 0 Å². The van der Waals surface area contributed by atoms with Crippen LogP contribution in [0, 0.1) is 11.6 Å². The first-order chi connectivity index (χ1) is 13.0. The van der Waals surface area contributed by atoms with Gasteiger partial charge in [0.25, 0.3) is 5.91 Å². The molecule has 0 aliphatic carbocycles. The van der Waals surface area contributed by atoms with Gasteiger partial charge >= 0.3 is 5.97 Å². The van der Waals surface area contributed by atoms with Gasteiger partial charge in [-0.05, 0) is 37.3 Å². The Morgan fingerprint density at radius 3 is 2.39 bits per heavy atom. The van der Waals surface area contributed by atoms with Gasteiger partial charge in [0.15, 0.2) is 6.10 Å². The van der Waals surface area contributed by atoms with Crippen molar-refractivity contribution in [3.8, 4) is 5.75 Å². The van der Waals surface area contributed by atoms with Gasteiger partial charge < -0.3 is 14.8 Å². The molecule has 0 aromatic heterocycles. The van der Waals surface area contributed by atoms with Crippen molar-refractivity contribution < 1.29 is 36.3 Å². The van der Waals surface area contributed by atoms with Crippen LogP contribution in [0.1, 0.15) is 17.3 Å². The summed E-state index contributed by atoms with van der Waals surface area (Å²) in [7, 11) is -2.85. The number of hydrogen-bond acceptors (Lipinski definition) is 6. The molecule has 0 radical (unpaired) electrons. The van der Waals surface area contributed by atoms with Gasteiger partial charge in [-0.25, -0.2) is 27.1 Å². The van der Waals surface area contributed by atoms with Gasteiger partial charge in [-0.2, -0.15) is 0 Å². The fourth-order valence-corrected chi connectivity index (χ4v) is 2.67. The predicted molar refractivity (Wildman–Crippen MR) is 94.2 cm³/mol. The standard InChI is InChI=1S/C17H16F2N2O6S/c1-9(16(22)21-14-5-3-10(18)7-13(14)19)27-17(23)12-8-11(28(20,24)25)4-6-15(12)26-2/h3-9H,1-2H3,(H,21,22)(H2,20,24,25)/t9-/m0/s1. The van der Waals surface area contributed by atoms with Crippen LogP contribution in [0.25, 0.3) is 0 Å². The number of nitrogens with one attached hydrogen (secondary N) is 1. The van der Waals surface area contributed by atoms with Crippen LogP contribution in [0.2, 0.25) is 0 Å². The second kappa shape index (κ2) is 8.31. The van der Waals surface area contributed by atoms with Gasteiger partial charge in [0.2, 0.25) is 10.0 Å². The van der Waals surface area contributed by atoms with Gasteiger partial charge in [-0.1, -0.05) is 0 Å². The Hall–Kier alpha value is -3.05. The maximum atomic E-state index is 13.6. The van der Waals surface area contributed by atoms with E-state index in [-0.39, 0.29) is 21.9 Å². The van der Waals surface area contributed by atoms with Crippen molar-refractivity contribution in [2.45, 2.75) is 17.9 Å². The van der Waals surface area contributed by atoms with E-state index >= 15 is 0 Å². The molecule has 0 unspecified atom stereocenters. The summed E-state index contributed by atoms with van der Waals surface area (Å²) < 4.78 is 59.4. The summed E-state index contributed by atoms with van der Waals surface area (Å²) in [6.07, 6.45) is -1.39. The predicted octanol–water partition coefficient (Wildman–Crippen LogP) is 1.80. The fraction of sp³-hybridized carbons (Fsp3) is 0.176. The number of primary sulfonamides is 1. The Bertz CT molecular complexity index is 1030. The maximum Gasteiger partial charge on any atom is 0.342 e. The third kappa shape index (κ3) is 5.02. The molecule has 1 atom stereocenters. The molecule has 0 heterocycles. The number of sulfonamides is 1. The Morgan fingerprint density at radius 1 is 1.14 bits per heavy atom. The summed E-state index contributed by atoms with van der Waals surface area (Å²) in [5, 5.41) is 7.18. The number of ether oxygens (including phenoxy) is 2. The largest absolute Gasteiger partial charge is 0.496 e. The van der Waals surface area contributed by atoms with Crippen molar-refractivity contribution in [1.29, 1.82) is 0 Å². The van der Waals surface area contributed by atoms with E-state index in [1.807, 2.05) is 0 Å². The second-order valence-electron chi connectivity index (χ2n) is 5.57. The number of hydrogen-bond donors (Lipinski definition) is 2. The minimum atomic E-state index is -4.09. The zero-order chi connectivity index (χ0) is 21.1. The van der Waals surface area contributed by atoms with Crippen LogP contribution in [0.5, 0.6) is 5.75 Å². The van der Waals surface area contributed by atoms with Crippen molar-refractivity contribution in [3.05, 3.63) is 53.6 Å². The maximum absolute atomic E-state index is 13.6. The third-order valence-corrected chi connectivity index (χ3v) is 4.47. The summed E-state index contributed by atoms with van der Waals surface area (Å²) in [5.74, 6) is -3.79. The Labute approximate surface area is 159 Å². The number of carbonyl (C=O) groups excluding carboxylic acids is 2. The smallest absolute Gasteiger partial charge is 0.342 e. The van der Waals surface area contributed by atoms with Gasteiger partial charge in [0.1, 0.15) is 22.9 Å². The molecule has 3 N–H and O–H groups in total. The molecule has 1 amide bonds. The number of nitrogens with two attached hydrogens (primary N) is 1. The first kappa shape index (κ1) is 21.3. The van der Waals surface area contributed by atoms with Crippen molar-refractivity contribution >= 4 is 27.6 Å². The lowest BCUT2D eigenvalue weighted by molar-refractivity contribution is -0.123. The molecule has 0 aliphatic heterocycles. The Kier molecular flexibility index (Phi) is 6.31. The summed E-state index contributed by atoms with van der Waals surface area (Å²) in [6, 6.07) is 5.82. The number of rotatable bonds is 6. The van der Waals surface area contributed by atoms with E-state index in [1.165, 1.54) is 20.1 Å². The van der Waals surface area contributed by atoms with E-state index in [4.69, 9.17) is 14.6 Å². The van der Waals surface area contributed by atoms with E-state index in [1.54, 1.807) is 0 Å². The quantitative estimate of drug-likeness (QED) is 0.695. The number of carbonyl (C=O) groups is 2. The molecule has 0 saturated carbocycles. The van der Waals surface area contributed by atoms with Crippen LogP contribution < -0.4 is 15.2 Å². The van der Waals surface area contributed by atoms with E-state index in [0.717, 1.165) is 24.3 Å². The van der Waals surface area contributed by atoms with Crippen molar-refractivity contribution in [2.24, 2.45) is 5.14 Å². The number of halogens is 2. The molecule has 2 rings (SSSR count). The highest BCUT2D eigenvalue weighted by molar-refractivity contribution is 7.89. The molecule has 28 heavy (non-hydrogen) atoms. The van der Waals surface area contributed by atoms with Gasteiger partial charge in [0.05, 0.1) is 17.7 Å². The number of amides is 1. The number of esters is 1. The molecule has 0 saturated heterocycles. The second-order valence-corrected chi connectivity index (χ2v) is 7.13. The van der Waals surface area contributed by atoms with Crippen LogP contribution in [-0.4, -0.2) is 33.5 Å². The molecule has 0 spiro atoms. The van der Waals surface area contributed by atoms with Crippen molar-refractivity contribution in [3.63, 3.8) is 0 Å². The molecular formula is C17H16F2N2O6S. The van der Waals surface area contributed by atoms with Gasteiger partial charge in [-0.15, -0.1) is 0 Å². The fourth-order valence-electron chi connectivity index (χ4n) is 2.13. The Balaban J connectivity index is 2.18. The normalized spacial score (nSPS) is 12.2. The summed E-state index contributed by atoms with van der Waals surface area (Å²) in [6.45, 7) is 1.21. The molecule has 2 aromatic carbocycles. The third-order valence-electron chi connectivity index (χ3n) is 3.56. The number of benzene rings is 2. The van der Waals surface area contributed by atoms with Crippen LogP contribution in [-0.2, 0) is 19.6 Å². The van der Waals surface area contributed by atoms with Gasteiger partial charge in [0, 0.05) is 6.07 Å². The first-order valence-corrected chi connectivity index (χ1v) is 9.25. The highest BCUT2D eigenvalue weighted by Gasteiger charge is 2.24. The van der Waals surface area contributed by atoms with Crippen LogP contribution in [0.4, 0.5) is 14.5 Å². The van der Waals surface area contributed by atoms with E-state index in [0.29, 0.717) is 6.07 Å². The van der Waals surface area contributed by atoms with E-state index in [2.05, 4.69) is 5.32 Å². The number of methoxy groups -OCH3 is 1. The topological polar surface area (TPSA) is 125 Å². The monoisotopic (exact) mass is 414 g/mol. The lowest BCUT2D eigenvalue weighted by atomic mass is 10.2. The van der Waals surface area contributed by atoms with Crippen molar-refractivity contribution in [2.75, 3.05) is 12.4 Å². The molecular weight excluding hydrogens is 398 g/mol. The molecule has 8 nitrogen and oxygen atoms in total. The molecule has 0 bridgehead atoms. The van der Waals surface area contributed by atoms with Crippen molar-refractivity contribution in [1.82, 2.24) is 0 Å². The minimum Gasteiger partial charge on any atom is -0.496 e. The summed E-state index contributed by atoms with van der Waals surface area (Å²) in [4.78, 5) is 24.1. The molecule has 0 aliphatic rings. The van der Waals surface area contributed by atoms with E-state index in [9.17, 15) is 26.8 Å². The summed E-state index contributed by atoms with van der Waals surface area (Å²) in [5.41, 5.74) is -0.579. The highest BCUT2D eigenvalue weighted by Crippen LogP contribution is 2.23. The molecule has 150 valence electrons.